The van der Waals surface area contributed by atoms with Crippen LogP contribution in [-0.4, -0.2) is 37.7 Å². The van der Waals surface area contributed by atoms with Crippen molar-refractivity contribution in [2.45, 2.75) is 70.3 Å². The molecule has 2 aromatic carbocycles. The molecule has 3 rings (SSSR count). The summed E-state index contributed by atoms with van der Waals surface area (Å²) in [5, 5.41) is 11.6. The summed E-state index contributed by atoms with van der Waals surface area (Å²) in [6.45, 7) is 8.84. The van der Waals surface area contributed by atoms with Crippen molar-refractivity contribution in [2.75, 3.05) is 0 Å². The van der Waals surface area contributed by atoms with E-state index in [1.807, 2.05) is 12.1 Å². The summed E-state index contributed by atoms with van der Waals surface area (Å²) in [6, 6.07) is 21.1. The Balaban J connectivity index is 2.07. The van der Waals surface area contributed by atoms with E-state index in [0.717, 1.165) is 6.42 Å². The third kappa shape index (κ3) is 4.47. The lowest BCUT2D eigenvalue weighted by Crippen LogP contribution is -2.68. The lowest BCUT2D eigenvalue weighted by Gasteiger charge is -2.45. The van der Waals surface area contributed by atoms with Gasteiger partial charge in [-0.3, -0.25) is 4.79 Å². The highest BCUT2D eigenvalue weighted by atomic mass is 28.4. The number of ether oxygens (including phenoxy) is 1. The van der Waals surface area contributed by atoms with Gasteiger partial charge in [-0.05, 0) is 21.8 Å². The largest absolute Gasteiger partial charge is 0.481 e. The highest BCUT2D eigenvalue weighted by molar-refractivity contribution is 6.99. The molecule has 1 unspecified atom stereocenters. The van der Waals surface area contributed by atoms with Crippen molar-refractivity contribution in [3.05, 3.63) is 60.7 Å². The monoisotopic (exact) mass is 412 g/mol. The van der Waals surface area contributed by atoms with Crippen LogP contribution in [0.3, 0.4) is 0 Å². The quantitative estimate of drug-likeness (QED) is 0.699. The predicted octanol–water partition coefficient (Wildman–Crippen LogP) is 3.97. The second-order valence-electron chi connectivity index (χ2n) is 8.86. The fraction of sp³-hybridized carbons (Fsp3) is 0.458. The van der Waals surface area contributed by atoms with Crippen LogP contribution in [0, 0.1) is 0 Å². The number of hydrogen-bond acceptors (Lipinski definition) is 3. The van der Waals surface area contributed by atoms with E-state index in [0.29, 0.717) is 6.42 Å². The Morgan fingerprint density at radius 3 is 2.00 bits per heavy atom. The number of carboxylic acid groups (broad SMARTS) is 1. The van der Waals surface area contributed by atoms with Gasteiger partial charge in [0.2, 0.25) is 0 Å². The van der Waals surface area contributed by atoms with Gasteiger partial charge >= 0.3 is 5.97 Å². The first-order valence-electron chi connectivity index (χ1n) is 10.4. The molecule has 0 aliphatic carbocycles. The Hall–Kier alpha value is -1.95. The van der Waals surface area contributed by atoms with E-state index >= 15 is 0 Å². The second kappa shape index (κ2) is 8.82. The van der Waals surface area contributed by atoms with Gasteiger partial charge in [-0.15, -0.1) is 0 Å². The molecule has 1 saturated heterocycles. The van der Waals surface area contributed by atoms with E-state index in [9.17, 15) is 9.90 Å². The summed E-state index contributed by atoms with van der Waals surface area (Å²) in [6.07, 6.45) is 0.961. The molecule has 1 fully saturated rings. The molecule has 3 atom stereocenters. The van der Waals surface area contributed by atoms with E-state index in [2.05, 4.69) is 76.2 Å². The van der Waals surface area contributed by atoms with Crippen molar-refractivity contribution >= 4 is 24.7 Å². The summed E-state index contributed by atoms with van der Waals surface area (Å²) in [5.74, 6) is -0.823. The van der Waals surface area contributed by atoms with Crippen molar-refractivity contribution in [3.8, 4) is 0 Å². The van der Waals surface area contributed by atoms with Gasteiger partial charge in [-0.1, -0.05) is 88.4 Å². The first kappa shape index (κ1) is 21.7. The zero-order valence-corrected chi connectivity index (χ0v) is 18.8. The molecule has 1 aliphatic rings. The molecule has 0 spiro atoms. The van der Waals surface area contributed by atoms with Crippen LogP contribution in [0.25, 0.3) is 0 Å². The number of benzene rings is 2. The lowest BCUT2D eigenvalue weighted by atomic mass is 10.1. The Bertz CT molecular complexity index is 761. The molecular weight excluding hydrogens is 380 g/mol. The standard InChI is InChI=1S/C24H32O4Si/c1-5-21-22(16-18(27-21)17-23(25)26)28-29(24(2,3)4,19-12-8-6-9-13-19)20-14-10-7-11-15-20/h6-15,18,21-22H,5,16-17H2,1-4H3,(H,25,26)/t18-,21?,22+/m0/s1. The molecule has 0 saturated carbocycles. The molecule has 156 valence electrons. The molecule has 0 bridgehead atoms. The fourth-order valence-electron chi connectivity index (χ4n) is 4.53. The Kier molecular flexibility index (Phi) is 6.61. The molecule has 0 aromatic heterocycles. The SMILES string of the molecule is CCC1O[C@H](CC(=O)O)C[C@H]1O[Si](c1ccccc1)(c1ccccc1)C(C)(C)C. The van der Waals surface area contributed by atoms with Crippen LogP contribution in [0.15, 0.2) is 60.7 Å². The van der Waals surface area contributed by atoms with Crippen molar-refractivity contribution in [1.29, 1.82) is 0 Å². The maximum absolute atomic E-state index is 11.2. The molecule has 1 heterocycles. The van der Waals surface area contributed by atoms with E-state index < -0.39 is 14.3 Å². The lowest BCUT2D eigenvalue weighted by molar-refractivity contribution is -0.140. The molecular formula is C24H32O4Si. The number of aliphatic carboxylic acids is 1. The van der Waals surface area contributed by atoms with E-state index in [1.165, 1.54) is 10.4 Å². The number of carbonyl (C=O) groups is 1. The van der Waals surface area contributed by atoms with Crippen molar-refractivity contribution in [2.24, 2.45) is 0 Å². The van der Waals surface area contributed by atoms with Gasteiger partial charge in [0.25, 0.3) is 8.32 Å². The molecule has 0 radical (unpaired) electrons. The van der Waals surface area contributed by atoms with Crippen LogP contribution >= 0.6 is 0 Å². The first-order chi connectivity index (χ1) is 13.8. The van der Waals surface area contributed by atoms with Crippen molar-refractivity contribution < 1.29 is 19.1 Å². The average molecular weight is 413 g/mol. The summed E-state index contributed by atoms with van der Waals surface area (Å²) in [7, 11) is -2.67. The summed E-state index contributed by atoms with van der Waals surface area (Å²) < 4.78 is 13.3. The maximum atomic E-state index is 11.2. The minimum atomic E-state index is -2.67. The zero-order valence-electron chi connectivity index (χ0n) is 17.8. The maximum Gasteiger partial charge on any atom is 0.305 e. The highest BCUT2D eigenvalue weighted by Crippen LogP contribution is 2.40. The molecule has 5 heteroatoms. The summed E-state index contributed by atoms with van der Waals surface area (Å²) >= 11 is 0. The number of carboxylic acids is 1. The van der Waals surface area contributed by atoms with Gasteiger partial charge in [0.05, 0.1) is 24.7 Å². The van der Waals surface area contributed by atoms with Crippen molar-refractivity contribution in [1.82, 2.24) is 0 Å². The van der Waals surface area contributed by atoms with Crippen LogP contribution in [0.2, 0.25) is 5.04 Å². The third-order valence-corrected chi connectivity index (χ3v) is 10.9. The predicted molar refractivity (Wildman–Crippen MR) is 118 cm³/mol. The van der Waals surface area contributed by atoms with Gasteiger partial charge in [-0.25, -0.2) is 0 Å². The number of hydrogen-bond donors (Lipinski definition) is 1. The molecule has 0 amide bonds. The highest BCUT2D eigenvalue weighted by Gasteiger charge is 2.53. The second-order valence-corrected chi connectivity index (χ2v) is 13.1. The topological polar surface area (TPSA) is 55.8 Å². The average Bonchev–Trinajstić information content (AvgIpc) is 3.07. The Morgan fingerprint density at radius 2 is 1.59 bits per heavy atom. The normalized spacial score (nSPS) is 22.6. The zero-order chi connectivity index (χ0) is 21.1. The van der Waals surface area contributed by atoms with Crippen molar-refractivity contribution in [3.63, 3.8) is 0 Å². The molecule has 2 aromatic rings. The Morgan fingerprint density at radius 1 is 1.07 bits per heavy atom. The third-order valence-electron chi connectivity index (χ3n) is 5.83. The van der Waals surface area contributed by atoms with Gasteiger partial charge in [0, 0.05) is 6.42 Å². The van der Waals surface area contributed by atoms with Gasteiger partial charge in [0.1, 0.15) is 0 Å². The fourth-order valence-corrected chi connectivity index (χ4v) is 9.25. The van der Waals surface area contributed by atoms with Crippen LogP contribution in [0.1, 0.15) is 47.0 Å². The minimum absolute atomic E-state index is 0.0249. The smallest absolute Gasteiger partial charge is 0.305 e. The van der Waals surface area contributed by atoms with Crippen LogP contribution in [0.5, 0.6) is 0 Å². The van der Waals surface area contributed by atoms with Gasteiger partial charge in [-0.2, -0.15) is 0 Å². The Labute approximate surface area is 175 Å². The first-order valence-corrected chi connectivity index (χ1v) is 12.3. The summed E-state index contributed by atoms with van der Waals surface area (Å²) in [5.41, 5.74) is 0. The van der Waals surface area contributed by atoms with Crippen LogP contribution in [-0.2, 0) is 14.0 Å². The molecule has 29 heavy (non-hydrogen) atoms. The van der Waals surface area contributed by atoms with E-state index in [4.69, 9.17) is 9.16 Å². The van der Waals surface area contributed by atoms with Gasteiger partial charge in [0.15, 0.2) is 0 Å². The summed E-state index contributed by atoms with van der Waals surface area (Å²) in [4.78, 5) is 11.2. The van der Waals surface area contributed by atoms with Gasteiger partial charge < -0.3 is 14.3 Å². The molecule has 1 N–H and O–H groups in total. The van der Waals surface area contributed by atoms with Crippen LogP contribution < -0.4 is 10.4 Å². The van der Waals surface area contributed by atoms with E-state index in [-0.39, 0.29) is 29.8 Å². The van der Waals surface area contributed by atoms with E-state index in [1.54, 1.807) is 0 Å². The molecule has 4 nitrogen and oxygen atoms in total. The van der Waals surface area contributed by atoms with Crippen LogP contribution in [0.4, 0.5) is 0 Å². The number of rotatable bonds is 7. The minimum Gasteiger partial charge on any atom is -0.481 e. The molecule has 1 aliphatic heterocycles.